The van der Waals surface area contributed by atoms with E-state index in [1.807, 2.05) is 20.8 Å². The number of nitrogens with two attached hydrogens (primary N) is 1. The van der Waals surface area contributed by atoms with E-state index in [9.17, 15) is 12.8 Å². The molecule has 1 aromatic rings. The number of ether oxygens (including phenoxy) is 1. The van der Waals surface area contributed by atoms with Gasteiger partial charge >= 0.3 is 0 Å². The number of nitrogens with zero attached hydrogens (tertiary/aromatic N) is 1. The fourth-order valence-corrected chi connectivity index (χ4v) is 3.05. The zero-order chi connectivity index (χ0) is 17.0. The average molecular weight is 330 g/mol. The van der Waals surface area contributed by atoms with Crippen LogP contribution in [0.15, 0.2) is 41.1 Å². The van der Waals surface area contributed by atoms with E-state index in [1.54, 1.807) is 7.05 Å². The molecule has 0 amide bonds. The van der Waals surface area contributed by atoms with Gasteiger partial charge in [-0.2, -0.15) is 4.31 Å². The first kappa shape index (κ1) is 18.6. The summed E-state index contributed by atoms with van der Waals surface area (Å²) in [7, 11) is -2.03. The molecule has 0 spiro atoms. The lowest BCUT2D eigenvalue weighted by Gasteiger charge is -2.30. The quantitative estimate of drug-likeness (QED) is 0.868. The minimum Gasteiger partial charge on any atom is -0.489 e. The van der Waals surface area contributed by atoms with Gasteiger partial charge < -0.3 is 10.5 Å². The normalized spacial score (nSPS) is 13.5. The van der Waals surface area contributed by atoms with Crippen LogP contribution in [-0.2, 0) is 10.0 Å². The highest BCUT2D eigenvalue weighted by Crippen LogP contribution is 2.24. The largest absolute Gasteiger partial charge is 0.489 e. The predicted octanol–water partition coefficient (Wildman–Crippen LogP) is 2.30. The Bertz CT molecular complexity index is 619. The molecule has 0 aliphatic carbocycles. The van der Waals surface area contributed by atoms with Gasteiger partial charge in [-0.25, -0.2) is 12.8 Å². The highest BCUT2D eigenvalue weighted by Gasteiger charge is 2.30. The van der Waals surface area contributed by atoms with Crippen molar-refractivity contribution >= 4 is 10.0 Å². The van der Waals surface area contributed by atoms with Gasteiger partial charge in [0.2, 0.25) is 10.0 Å². The number of hydrogen-bond acceptors (Lipinski definition) is 4. The third-order valence-corrected chi connectivity index (χ3v) is 5.40. The van der Waals surface area contributed by atoms with E-state index in [0.717, 1.165) is 0 Å². The average Bonchev–Trinajstić information content (AvgIpc) is 2.47. The monoisotopic (exact) mass is 330 g/mol. The zero-order valence-corrected chi connectivity index (χ0v) is 14.2. The maximum Gasteiger partial charge on any atom is 0.243 e. The summed E-state index contributed by atoms with van der Waals surface area (Å²) in [6.45, 7) is 5.55. The van der Waals surface area contributed by atoms with Gasteiger partial charge in [-0.3, -0.25) is 0 Å². The van der Waals surface area contributed by atoms with Crippen molar-refractivity contribution in [2.24, 2.45) is 5.73 Å². The topological polar surface area (TPSA) is 72.6 Å². The highest BCUT2D eigenvalue weighted by atomic mass is 32.2. The van der Waals surface area contributed by atoms with E-state index in [4.69, 9.17) is 10.5 Å². The van der Waals surface area contributed by atoms with E-state index < -0.39 is 15.6 Å². The Labute approximate surface area is 131 Å². The summed E-state index contributed by atoms with van der Waals surface area (Å²) in [5.41, 5.74) is 5.13. The molecular weight excluding hydrogens is 307 g/mol. The Morgan fingerprint density at radius 2 is 1.86 bits per heavy atom. The summed E-state index contributed by atoms with van der Waals surface area (Å²) in [4.78, 5) is 0.178. The van der Waals surface area contributed by atoms with Crippen LogP contribution in [0.2, 0.25) is 0 Å². The van der Waals surface area contributed by atoms with Gasteiger partial charge in [-0.1, -0.05) is 0 Å². The fraction of sp³-hybridized carbons (Fsp3) is 0.467. The smallest absolute Gasteiger partial charge is 0.243 e. The standard InChI is InChI=1S/C15H23FN2O3S/c1-15(2,3)18(4)22(19,20)14-7-5-13(6-8-14)21-11-12(9-16)10-17/h5-9H,10-11,17H2,1-4H3/b12-9-. The van der Waals surface area contributed by atoms with Crippen LogP contribution in [0.25, 0.3) is 0 Å². The molecule has 0 bridgehead atoms. The molecule has 1 aromatic carbocycles. The molecule has 22 heavy (non-hydrogen) atoms. The molecule has 124 valence electrons. The molecule has 0 saturated heterocycles. The van der Waals surface area contributed by atoms with E-state index in [2.05, 4.69) is 0 Å². The number of rotatable bonds is 6. The molecule has 7 heteroatoms. The van der Waals surface area contributed by atoms with Gasteiger partial charge in [0.25, 0.3) is 0 Å². The van der Waals surface area contributed by atoms with Crippen LogP contribution in [0.4, 0.5) is 4.39 Å². The predicted molar refractivity (Wildman–Crippen MR) is 84.9 cm³/mol. The highest BCUT2D eigenvalue weighted by molar-refractivity contribution is 7.89. The van der Waals surface area contributed by atoms with Crippen molar-refractivity contribution in [1.82, 2.24) is 4.31 Å². The minimum atomic E-state index is -3.57. The third kappa shape index (κ3) is 4.53. The molecule has 2 N–H and O–H groups in total. The Morgan fingerprint density at radius 3 is 2.27 bits per heavy atom. The van der Waals surface area contributed by atoms with Crippen molar-refractivity contribution in [3.05, 3.63) is 36.2 Å². The SMILES string of the molecule is CN(C(C)(C)C)S(=O)(=O)c1ccc(OC/C(=C\F)CN)cc1. The van der Waals surface area contributed by atoms with Crippen LogP contribution in [0.1, 0.15) is 20.8 Å². The maximum atomic E-state index is 12.5. The molecule has 0 radical (unpaired) electrons. The van der Waals surface area contributed by atoms with Gasteiger partial charge in [0.15, 0.2) is 0 Å². The van der Waals surface area contributed by atoms with Crippen molar-refractivity contribution in [2.75, 3.05) is 20.2 Å². The second-order valence-corrected chi connectivity index (χ2v) is 7.84. The summed E-state index contributed by atoms with van der Waals surface area (Å²) in [5.74, 6) is 0.449. The van der Waals surface area contributed by atoms with Crippen LogP contribution >= 0.6 is 0 Å². The molecule has 0 saturated carbocycles. The second-order valence-electron chi connectivity index (χ2n) is 5.87. The van der Waals surface area contributed by atoms with Gasteiger partial charge in [-0.05, 0) is 45.0 Å². The van der Waals surface area contributed by atoms with Crippen molar-refractivity contribution < 1.29 is 17.5 Å². The van der Waals surface area contributed by atoms with Crippen LogP contribution in [0, 0.1) is 0 Å². The summed E-state index contributed by atoms with van der Waals surface area (Å²) in [6.07, 6.45) is 0.414. The molecule has 0 heterocycles. The Balaban J connectivity index is 2.89. The van der Waals surface area contributed by atoms with Gasteiger partial charge in [-0.15, -0.1) is 0 Å². The maximum absolute atomic E-state index is 12.5. The van der Waals surface area contributed by atoms with E-state index in [1.165, 1.54) is 28.6 Å². The molecular formula is C15H23FN2O3S. The lowest BCUT2D eigenvalue weighted by atomic mass is 10.1. The molecule has 0 fully saturated rings. The van der Waals surface area contributed by atoms with Crippen molar-refractivity contribution in [3.63, 3.8) is 0 Å². The second kappa shape index (κ2) is 7.21. The fourth-order valence-electron chi connectivity index (χ4n) is 1.54. The Kier molecular flexibility index (Phi) is 6.10. The summed E-state index contributed by atoms with van der Waals surface area (Å²) >= 11 is 0. The molecule has 0 atom stereocenters. The number of sulfonamides is 1. The first-order chi connectivity index (χ1) is 10.1. The molecule has 0 unspecified atom stereocenters. The first-order valence-electron chi connectivity index (χ1n) is 6.83. The van der Waals surface area contributed by atoms with Crippen molar-refractivity contribution in [3.8, 4) is 5.75 Å². The van der Waals surface area contributed by atoms with Gasteiger partial charge in [0.05, 0.1) is 11.2 Å². The van der Waals surface area contributed by atoms with Crippen LogP contribution in [0.3, 0.4) is 0 Å². The van der Waals surface area contributed by atoms with E-state index in [0.29, 0.717) is 17.7 Å². The van der Waals surface area contributed by atoms with Crippen molar-refractivity contribution in [1.29, 1.82) is 0 Å². The van der Waals surface area contributed by atoms with E-state index in [-0.39, 0.29) is 18.0 Å². The summed E-state index contributed by atoms with van der Waals surface area (Å²) in [6, 6.07) is 6.01. The third-order valence-electron chi connectivity index (χ3n) is 3.27. The van der Waals surface area contributed by atoms with Crippen molar-refractivity contribution in [2.45, 2.75) is 31.2 Å². The number of hydrogen-bond donors (Lipinski definition) is 1. The first-order valence-corrected chi connectivity index (χ1v) is 8.27. The lowest BCUT2D eigenvalue weighted by molar-refractivity contribution is 0.291. The lowest BCUT2D eigenvalue weighted by Crippen LogP contribution is -2.42. The Morgan fingerprint density at radius 1 is 1.32 bits per heavy atom. The van der Waals surface area contributed by atoms with E-state index >= 15 is 0 Å². The molecule has 5 nitrogen and oxygen atoms in total. The summed E-state index contributed by atoms with van der Waals surface area (Å²) in [5, 5.41) is 0. The van der Waals surface area contributed by atoms with Gasteiger partial charge in [0.1, 0.15) is 12.4 Å². The molecule has 0 aliphatic heterocycles. The van der Waals surface area contributed by atoms with Gasteiger partial charge in [0, 0.05) is 24.7 Å². The van der Waals surface area contributed by atoms with Crippen LogP contribution in [0.5, 0.6) is 5.75 Å². The molecule has 1 rings (SSSR count). The number of halogens is 1. The zero-order valence-electron chi connectivity index (χ0n) is 13.3. The minimum absolute atomic E-state index is 0.0288. The number of benzene rings is 1. The van der Waals surface area contributed by atoms with Crippen LogP contribution in [-0.4, -0.2) is 38.5 Å². The molecule has 0 aromatic heterocycles. The Hall–Kier alpha value is -1.44. The molecule has 0 aliphatic rings. The van der Waals surface area contributed by atoms with Crippen LogP contribution < -0.4 is 10.5 Å². The summed E-state index contributed by atoms with van der Waals surface area (Å²) < 4.78 is 44.0.